The first-order valence-corrected chi connectivity index (χ1v) is 6.04. The van der Waals surface area contributed by atoms with Gasteiger partial charge in [-0.3, -0.25) is 4.98 Å². The van der Waals surface area contributed by atoms with E-state index in [1.54, 1.807) is 0 Å². The third-order valence-electron chi connectivity index (χ3n) is 2.45. The van der Waals surface area contributed by atoms with Gasteiger partial charge in [0.05, 0.1) is 12.2 Å². The van der Waals surface area contributed by atoms with Crippen LogP contribution < -0.4 is 5.32 Å². The summed E-state index contributed by atoms with van der Waals surface area (Å²) in [4.78, 5) is 7.22. The molecular formula is C11H9F4N3S. The van der Waals surface area contributed by atoms with Crippen molar-refractivity contribution in [2.45, 2.75) is 12.2 Å². The van der Waals surface area contributed by atoms with Crippen LogP contribution in [-0.4, -0.2) is 17.0 Å². The van der Waals surface area contributed by atoms with Gasteiger partial charge in [0.2, 0.25) is 0 Å². The average Bonchev–Trinajstić information content (AvgIpc) is 2.82. The zero-order valence-corrected chi connectivity index (χ0v) is 10.5. The van der Waals surface area contributed by atoms with Gasteiger partial charge in [0, 0.05) is 22.8 Å². The van der Waals surface area contributed by atoms with Gasteiger partial charge in [0.25, 0.3) is 0 Å². The molecule has 1 unspecified atom stereocenters. The van der Waals surface area contributed by atoms with Crippen molar-refractivity contribution in [2.75, 3.05) is 7.05 Å². The van der Waals surface area contributed by atoms with Crippen molar-refractivity contribution in [1.82, 2.24) is 15.3 Å². The molecule has 0 spiro atoms. The first-order valence-electron chi connectivity index (χ1n) is 5.23. The first-order chi connectivity index (χ1) is 8.93. The van der Waals surface area contributed by atoms with Crippen LogP contribution in [0.4, 0.5) is 17.6 Å². The molecule has 1 atom stereocenters. The minimum Gasteiger partial charge on any atom is -0.309 e. The molecule has 0 amide bonds. The highest BCUT2D eigenvalue weighted by atomic mass is 32.1. The van der Waals surface area contributed by atoms with Crippen LogP contribution in [-0.2, 0) is 6.18 Å². The third-order valence-corrected chi connectivity index (χ3v) is 3.56. The summed E-state index contributed by atoms with van der Waals surface area (Å²) < 4.78 is 51.1. The number of nitrogens with zero attached hydrogens (tertiary/aromatic N) is 2. The monoisotopic (exact) mass is 291 g/mol. The molecule has 0 aliphatic carbocycles. The summed E-state index contributed by atoms with van der Waals surface area (Å²) in [6.45, 7) is 0. The van der Waals surface area contributed by atoms with E-state index in [4.69, 9.17) is 0 Å². The fourth-order valence-electron chi connectivity index (χ4n) is 1.62. The Hall–Kier alpha value is -1.54. The number of aromatic nitrogens is 2. The summed E-state index contributed by atoms with van der Waals surface area (Å²) in [5.41, 5.74) is 0.231. The fourth-order valence-corrected chi connectivity index (χ4v) is 2.53. The maximum atomic E-state index is 13.6. The molecule has 0 bridgehead atoms. The number of thiazole rings is 1. The van der Waals surface area contributed by atoms with E-state index in [9.17, 15) is 17.6 Å². The largest absolute Gasteiger partial charge is 0.443 e. The number of hydrogen-bond donors (Lipinski definition) is 1. The van der Waals surface area contributed by atoms with Gasteiger partial charge in [0.1, 0.15) is 5.82 Å². The molecule has 3 nitrogen and oxygen atoms in total. The lowest BCUT2D eigenvalue weighted by atomic mass is 10.1. The second kappa shape index (κ2) is 5.22. The predicted molar refractivity (Wildman–Crippen MR) is 62.2 cm³/mol. The average molecular weight is 291 g/mol. The topological polar surface area (TPSA) is 37.8 Å². The number of hydrogen-bond acceptors (Lipinski definition) is 4. The van der Waals surface area contributed by atoms with Gasteiger partial charge < -0.3 is 5.32 Å². The van der Waals surface area contributed by atoms with Crippen molar-refractivity contribution in [2.24, 2.45) is 0 Å². The van der Waals surface area contributed by atoms with Gasteiger partial charge in [-0.15, -0.1) is 11.3 Å². The van der Waals surface area contributed by atoms with Crippen LogP contribution in [0.1, 0.15) is 21.5 Å². The summed E-state index contributed by atoms with van der Waals surface area (Å²) in [6, 6.07) is 0.736. The lowest BCUT2D eigenvalue weighted by Gasteiger charge is -2.14. The smallest absolute Gasteiger partial charge is 0.309 e. The van der Waals surface area contributed by atoms with E-state index in [2.05, 4.69) is 15.3 Å². The number of alkyl halides is 3. The molecular weight excluding hydrogens is 282 g/mol. The van der Waals surface area contributed by atoms with Crippen LogP contribution in [0.15, 0.2) is 24.7 Å². The predicted octanol–water partition coefficient (Wildman–Crippen LogP) is 3.00. The van der Waals surface area contributed by atoms with Crippen molar-refractivity contribution in [3.8, 4) is 0 Å². The van der Waals surface area contributed by atoms with E-state index in [1.165, 1.54) is 19.3 Å². The Morgan fingerprint density at radius 2 is 2.05 bits per heavy atom. The second-order valence-electron chi connectivity index (χ2n) is 3.68. The molecule has 0 fully saturated rings. The molecule has 0 radical (unpaired) electrons. The molecule has 102 valence electrons. The van der Waals surface area contributed by atoms with Crippen LogP contribution in [0.2, 0.25) is 0 Å². The summed E-state index contributed by atoms with van der Waals surface area (Å²) in [5, 5.41) is 1.83. The van der Waals surface area contributed by atoms with Crippen molar-refractivity contribution in [3.63, 3.8) is 0 Å². The Balaban J connectivity index is 2.38. The zero-order valence-electron chi connectivity index (χ0n) is 9.70. The van der Waals surface area contributed by atoms with Gasteiger partial charge >= 0.3 is 6.18 Å². The van der Waals surface area contributed by atoms with E-state index in [1.807, 2.05) is 0 Å². The molecule has 2 aromatic heterocycles. The van der Waals surface area contributed by atoms with E-state index in [-0.39, 0.29) is 5.56 Å². The summed E-state index contributed by atoms with van der Waals surface area (Å²) in [5.74, 6) is -0.580. The summed E-state index contributed by atoms with van der Waals surface area (Å²) >= 11 is 0.490. The number of rotatable bonds is 3. The fraction of sp³-hybridized carbons (Fsp3) is 0.273. The molecule has 0 aromatic carbocycles. The third kappa shape index (κ3) is 2.90. The lowest BCUT2D eigenvalue weighted by Crippen LogP contribution is -2.18. The van der Waals surface area contributed by atoms with Crippen molar-refractivity contribution in [3.05, 3.63) is 45.9 Å². The van der Waals surface area contributed by atoms with Crippen LogP contribution in [0.25, 0.3) is 0 Å². The minimum atomic E-state index is -4.49. The molecule has 2 rings (SSSR count). The highest BCUT2D eigenvalue weighted by Crippen LogP contribution is 2.36. The quantitative estimate of drug-likeness (QED) is 0.883. The van der Waals surface area contributed by atoms with E-state index in [0.717, 1.165) is 12.4 Å². The SMILES string of the molecule is CNC(c1cnc(C(F)(F)F)s1)c1ccncc1F. The first kappa shape index (κ1) is 13.9. The Labute approximate surface area is 110 Å². The molecule has 8 heteroatoms. The second-order valence-corrected chi connectivity index (χ2v) is 4.75. The Morgan fingerprint density at radius 1 is 1.32 bits per heavy atom. The van der Waals surface area contributed by atoms with Crippen LogP contribution in [0, 0.1) is 5.82 Å². The molecule has 19 heavy (non-hydrogen) atoms. The molecule has 0 saturated heterocycles. The molecule has 0 saturated carbocycles. The van der Waals surface area contributed by atoms with Crippen molar-refractivity contribution in [1.29, 1.82) is 0 Å². The molecule has 0 aliphatic heterocycles. The van der Waals surface area contributed by atoms with Gasteiger partial charge in [0.15, 0.2) is 5.01 Å². The molecule has 2 heterocycles. The van der Waals surface area contributed by atoms with Crippen LogP contribution >= 0.6 is 11.3 Å². The Kier molecular flexibility index (Phi) is 3.81. The normalized spacial score (nSPS) is 13.5. The Bertz CT molecular complexity index is 567. The molecule has 0 aliphatic rings. The molecule has 1 N–H and O–H groups in total. The van der Waals surface area contributed by atoms with Crippen LogP contribution in [0.3, 0.4) is 0 Å². The van der Waals surface area contributed by atoms with Gasteiger partial charge in [-0.05, 0) is 13.1 Å². The summed E-state index contributed by atoms with van der Waals surface area (Å²) in [7, 11) is 1.54. The number of halogens is 4. The highest BCUT2D eigenvalue weighted by molar-refractivity contribution is 7.11. The van der Waals surface area contributed by atoms with Crippen LogP contribution in [0.5, 0.6) is 0 Å². The number of pyridine rings is 1. The summed E-state index contributed by atoms with van der Waals surface area (Å²) in [6.07, 6.45) is -0.980. The lowest BCUT2D eigenvalue weighted by molar-refractivity contribution is -0.137. The minimum absolute atomic E-state index is 0.231. The van der Waals surface area contributed by atoms with Gasteiger partial charge in [-0.1, -0.05) is 0 Å². The van der Waals surface area contributed by atoms with E-state index >= 15 is 0 Å². The van der Waals surface area contributed by atoms with E-state index < -0.39 is 23.0 Å². The standard InChI is InChI=1S/C11H9F4N3S/c1-16-9(6-2-3-17-4-7(6)12)8-5-18-10(19-8)11(13,14)15/h2-5,9,16H,1H3. The number of nitrogens with one attached hydrogen (secondary N) is 1. The van der Waals surface area contributed by atoms with E-state index in [0.29, 0.717) is 16.2 Å². The van der Waals surface area contributed by atoms with Crippen molar-refractivity contribution < 1.29 is 17.6 Å². The highest BCUT2D eigenvalue weighted by Gasteiger charge is 2.35. The maximum absolute atomic E-state index is 13.6. The maximum Gasteiger partial charge on any atom is 0.443 e. The van der Waals surface area contributed by atoms with Crippen molar-refractivity contribution >= 4 is 11.3 Å². The van der Waals surface area contributed by atoms with Gasteiger partial charge in [-0.2, -0.15) is 13.2 Å². The Morgan fingerprint density at radius 3 is 2.58 bits per heavy atom. The van der Waals surface area contributed by atoms with Gasteiger partial charge in [-0.25, -0.2) is 9.37 Å². The molecule has 2 aromatic rings. The zero-order chi connectivity index (χ0) is 14.0.